The lowest BCUT2D eigenvalue weighted by molar-refractivity contribution is -0.122. The van der Waals surface area contributed by atoms with Crippen molar-refractivity contribution in [2.24, 2.45) is 0 Å². The predicted molar refractivity (Wildman–Crippen MR) is 97.1 cm³/mol. The van der Waals surface area contributed by atoms with E-state index in [9.17, 15) is 18.8 Å². The lowest BCUT2D eigenvalue weighted by Gasteiger charge is -2.26. The van der Waals surface area contributed by atoms with Crippen molar-refractivity contribution in [2.45, 2.75) is 0 Å². The molecule has 3 heterocycles. The number of nitrogens with one attached hydrogen (secondary N) is 1. The Morgan fingerprint density at radius 3 is 2.43 bits per heavy atom. The van der Waals surface area contributed by atoms with Gasteiger partial charge in [0.25, 0.3) is 11.8 Å². The monoisotopic (exact) mass is 385 g/mol. The molecule has 8 nitrogen and oxygen atoms in total. The van der Waals surface area contributed by atoms with Crippen molar-refractivity contribution in [3.8, 4) is 0 Å². The maximum Gasteiger partial charge on any atom is 0.335 e. The Balaban J connectivity index is 1.61. The van der Waals surface area contributed by atoms with E-state index in [1.54, 1.807) is 12.1 Å². The number of carbonyl (C=O) groups is 3. The van der Waals surface area contributed by atoms with Gasteiger partial charge in [0.1, 0.15) is 17.2 Å². The molecule has 0 unspecified atom stereocenters. The van der Waals surface area contributed by atoms with E-state index >= 15 is 0 Å². The van der Waals surface area contributed by atoms with Crippen molar-refractivity contribution in [2.75, 3.05) is 36.1 Å². The summed E-state index contributed by atoms with van der Waals surface area (Å²) in [5, 5.41) is 2.11. The number of urea groups is 1. The molecule has 144 valence electrons. The van der Waals surface area contributed by atoms with Gasteiger partial charge in [0.05, 0.1) is 18.9 Å². The Bertz CT molecular complexity index is 960. The molecule has 4 amide bonds. The molecule has 1 N–H and O–H groups in total. The molecule has 0 atom stereocenters. The van der Waals surface area contributed by atoms with Crippen LogP contribution in [0.5, 0.6) is 0 Å². The van der Waals surface area contributed by atoms with E-state index in [1.165, 1.54) is 18.2 Å². The Kier molecular flexibility index (Phi) is 4.66. The number of barbiturate groups is 1. The summed E-state index contributed by atoms with van der Waals surface area (Å²) in [4.78, 5) is 39.8. The van der Waals surface area contributed by atoms with Crippen LogP contribution in [0.25, 0.3) is 6.08 Å². The number of amides is 4. The highest BCUT2D eigenvalue weighted by molar-refractivity contribution is 6.39. The lowest BCUT2D eigenvalue weighted by Crippen LogP contribution is -2.54. The fraction of sp³-hybridized carbons (Fsp3) is 0.211. The van der Waals surface area contributed by atoms with E-state index in [-0.39, 0.29) is 11.3 Å². The minimum atomic E-state index is -0.896. The Hall–Kier alpha value is -3.46. The number of carbonyl (C=O) groups excluding carboxylic acids is 3. The third-order valence-electron chi connectivity index (χ3n) is 4.41. The number of imide groups is 2. The van der Waals surface area contributed by atoms with Gasteiger partial charge in [-0.2, -0.15) is 0 Å². The zero-order chi connectivity index (χ0) is 19.7. The second kappa shape index (κ2) is 7.28. The third-order valence-corrected chi connectivity index (χ3v) is 4.41. The zero-order valence-electron chi connectivity index (χ0n) is 14.7. The number of hydrogen-bond donors (Lipinski definition) is 1. The standard InChI is InChI=1S/C19H16FN3O5/c20-12-1-3-13(4-2-12)23-18(25)15(17(24)21-19(23)26)11-14-5-6-16(28-14)22-7-9-27-10-8-22/h1-6,11H,7-10H2,(H,21,24,26)/b15-11+. The first-order valence-electron chi connectivity index (χ1n) is 8.62. The summed E-state index contributed by atoms with van der Waals surface area (Å²) in [6, 6.07) is 7.29. The van der Waals surface area contributed by atoms with E-state index in [0.717, 1.165) is 17.0 Å². The molecule has 4 rings (SSSR count). The van der Waals surface area contributed by atoms with Gasteiger partial charge in [0.2, 0.25) is 0 Å². The second-order valence-corrected chi connectivity index (χ2v) is 6.21. The summed E-state index contributed by atoms with van der Waals surface area (Å²) in [5.74, 6) is -1.24. The summed E-state index contributed by atoms with van der Waals surface area (Å²) in [6.45, 7) is 2.53. The molecule has 2 saturated heterocycles. The van der Waals surface area contributed by atoms with E-state index < -0.39 is 23.7 Å². The number of ether oxygens (including phenoxy) is 1. The zero-order valence-corrected chi connectivity index (χ0v) is 14.7. The molecule has 1 aromatic carbocycles. The van der Waals surface area contributed by atoms with Crippen LogP contribution in [0.3, 0.4) is 0 Å². The van der Waals surface area contributed by atoms with Crippen molar-refractivity contribution in [1.29, 1.82) is 0 Å². The minimum Gasteiger partial charge on any atom is -0.441 e. The van der Waals surface area contributed by atoms with Crippen molar-refractivity contribution in [3.05, 3.63) is 53.5 Å². The molecule has 2 fully saturated rings. The molecular weight excluding hydrogens is 369 g/mol. The van der Waals surface area contributed by atoms with Crippen LogP contribution in [0.1, 0.15) is 5.76 Å². The van der Waals surface area contributed by atoms with Crippen LogP contribution in [-0.2, 0) is 14.3 Å². The molecule has 28 heavy (non-hydrogen) atoms. The fourth-order valence-electron chi connectivity index (χ4n) is 3.00. The highest BCUT2D eigenvalue weighted by Crippen LogP contribution is 2.25. The smallest absolute Gasteiger partial charge is 0.335 e. The van der Waals surface area contributed by atoms with Crippen molar-refractivity contribution < 1.29 is 27.9 Å². The van der Waals surface area contributed by atoms with Crippen LogP contribution >= 0.6 is 0 Å². The largest absolute Gasteiger partial charge is 0.441 e. The molecule has 0 bridgehead atoms. The van der Waals surface area contributed by atoms with Crippen LogP contribution in [-0.4, -0.2) is 44.1 Å². The topological polar surface area (TPSA) is 92.1 Å². The third kappa shape index (κ3) is 3.39. The number of rotatable bonds is 3. The van der Waals surface area contributed by atoms with Gasteiger partial charge < -0.3 is 14.1 Å². The van der Waals surface area contributed by atoms with E-state index in [0.29, 0.717) is 37.9 Å². The van der Waals surface area contributed by atoms with E-state index in [1.807, 2.05) is 4.90 Å². The maximum atomic E-state index is 13.1. The molecule has 1 aromatic heterocycles. The number of furan rings is 1. The average Bonchev–Trinajstić information content (AvgIpc) is 3.16. The van der Waals surface area contributed by atoms with Gasteiger partial charge in [-0.3, -0.25) is 14.9 Å². The number of nitrogens with zero attached hydrogens (tertiary/aromatic N) is 2. The average molecular weight is 385 g/mol. The minimum absolute atomic E-state index is 0.149. The molecule has 0 radical (unpaired) electrons. The summed E-state index contributed by atoms with van der Waals surface area (Å²) >= 11 is 0. The number of anilines is 2. The molecule has 2 aliphatic heterocycles. The molecule has 0 saturated carbocycles. The van der Waals surface area contributed by atoms with Gasteiger partial charge in [0.15, 0.2) is 5.88 Å². The maximum absolute atomic E-state index is 13.1. The predicted octanol–water partition coefficient (Wildman–Crippen LogP) is 1.92. The van der Waals surface area contributed by atoms with Gasteiger partial charge in [-0.1, -0.05) is 0 Å². The van der Waals surface area contributed by atoms with Crippen LogP contribution in [0, 0.1) is 5.82 Å². The van der Waals surface area contributed by atoms with Crippen LogP contribution in [0.2, 0.25) is 0 Å². The SMILES string of the molecule is O=C1NC(=O)N(c2ccc(F)cc2)C(=O)/C1=C/c1ccc(N2CCOCC2)o1. The first kappa shape index (κ1) is 17.9. The van der Waals surface area contributed by atoms with Crippen molar-refractivity contribution in [3.63, 3.8) is 0 Å². The molecule has 0 aliphatic carbocycles. The van der Waals surface area contributed by atoms with Crippen molar-refractivity contribution >= 4 is 35.5 Å². The van der Waals surface area contributed by atoms with Gasteiger partial charge in [-0.05, 0) is 36.4 Å². The van der Waals surface area contributed by atoms with Gasteiger partial charge in [-0.15, -0.1) is 0 Å². The van der Waals surface area contributed by atoms with Crippen LogP contribution in [0.4, 0.5) is 20.8 Å². The lowest BCUT2D eigenvalue weighted by atomic mass is 10.1. The number of morpholine rings is 1. The summed E-state index contributed by atoms with van der Waals surface area (Å²) in [6.07, 6.45) is 1.28. The van der Waals surface area contributed by atoms with Crippen molar-refractivity contribution in [1.82, 2.24) is 5.32 Å². The first-order chi connectivity index (χ1) is 13.5. The van der Waals surface area contributed by atoms with Crippen LogP contribution < -0.4 is 15.1 Å². The van der Waals surface area contributed by atoms with Crippen LogP contribution in [0.15, 0.2) is 46.4 Å². The summed E-state index contributed by atoms with van der Waals surface area (Å²) in [7, 11) is 0. The van der Waals surface area contributed by atoms with Gasteiger partial charge >= 0.3 is 6.03 Å². The molecule has 2 aliphatic rings. The molecule has 9 heteroatoms. The van der Waals surface area contributed by atoms with Gasteiger partial charge in [-0.25, -0.2) is 14.1 Å². The first-order valence-corrected chi connectivity index (χ1v) is 8.62. The van der Waals surface area contributed by atoms with E-state index in [4.69, 9.17) is 9.15 Å². The second-order valence-electron chi connectivity index (χ2n) is 6.21. The number of benzene rings is 1. The highest BCUT2D eigenvalue weighted by atomic mass is 19.1. The number of halogens is 1. The number of hydrogen-bond acceptors (Lipinski definition) is 6. The summed E-state index contributed by atoms with van der Waals surface area (Å²) < 4.78 is 24.1. The fourth-order valence-corrected chi connectivity index (χ4v) is 3.00. The Labute approximate surface area is 159 Å². The summed E-state index contributed by atoms with van der Waals surface area (Å²) in [5.41, 5.74) is -0.109. The molecule has 2 aromatic rings. The Morgan fingerprint density at radius 2 is 1.71 bits per heavy atom. The van der Waals surface area contributed by atoms with E-state index in [2.05, 4.69) is 5.32 Å². The quantitative estimate of drug-likeness (QED) is 0.641. The van der Waals surface area contributed by atoms with Gasteiger partial charge in [0, 0.05) is 19.2 Å². The molecule has 0 spiro atoms. The molecular formula is C19H16FN3O5. The normalized spacial score (nSPS) is 19.3. The highest BCUT2D eigenvalue weighted by Gasteiger charge is 2.37. The Morgan fingerprint density at radius 1 is 1.00 bits per heavy atom.